The number of carbonyl (C=O) groups is 1. The van der Waals surface area contributed by atoms with Crippen LogP contribution in [0.15, 0.2) is 0 Å². The lowest BCUT2D eigenvalue weighted by molar-refractivity contribution is 0.0913. The Bertz CT molecular complexity index is 431. The van der Waals surface area contributed by atoms with E-state index in [1.807, 2.05) is 6.92 Å². The molecule has 0 aromatic carbocycles. The fourth-order valence-electron chi connectivity index (χ4n) is 2.98. The number of nitrogens with zero attached hydrogens (tertiary/aromatic N) is 2. The van der Waals surface area contributed by atoms with Crippen LogP contribution in [-0.4, -0.2) is 39.2 Å². The van der Waals surface area contributed by atoms with Crippen molar-refractivity contribution in [3.63, 3.8) is 0 Å². The Morgan fingerprint density at radius 1 is 1.39 bits per heavy atom. The van der Waals surface area contributed by atoms with E-state index in [9.17, 15) is 4.79 Å². The molecule has 2 atom stereocenters. The van der Waals surface area contributed by atoms with Gasteiger partial charge in [-0.25, -0.2) is 4.98 Å². The molecule has 18 heavy (non-hydrogen) atoms. The Hall–Kier alpha value is -1.43. The van der Waals surface area contributed by atoms with Gasteiger partial charge in [-0.05, 0) is 25.7 Å². The van der Waals surface area contributed by atoms with Crippen LogP contribution in [0, 0.1) is 0 Å². The van der Waals surface area contributed by atoms with Crippen LogP contribution in [0.5, 0.6) is 0 Å². The summed E-state index contributed by atoms with van der Waals surface area (Å²) < 4.78 is 0. The molecule has 2 aliphatic rings. The third-order valence-corrected chi connectivity index (χ3v) is 3.88. The number of piperidine rings is 1. The van der Waals surface area contributed by atoms with E-state index < -0.39 is 0 Å². The second-order valence-electron chi connectivity index (χ2n) is 5.24. The maximum Gasteiger partial charge on any atom is 0.291 e. The molecule has 3 heterocycles. The lowest BCUT2D eigenvalue weighted by atomic mass is 10.00. The zero-order valence-electron chi connectivity index (χ0n) is 10.6. The second-order valence-corrected chi connectivity index (χ2v) is 5.24. The van der Waals surface area contributed by atoms with Crippen molar-refractivity contribution in [2.45, 2.75) is 57.2 Å². The van der Waals surface area contributed by atoms with Gasteiger partial charge in [-0.2, -0.15) is 0 Å². The number of amides is 1. The first-order valence-corrected chi connectivity index (χ1v) is 6.72. The van der Waals surface area contributed by atoms with E-state index in [1.54, 1.807) is 0 Å². The molecule has 2 unspecified atom stereocenters. The van der Waals surface area contributed by atoms with Crippen LogP contribution in [0.2, 0.25) is 0 Å². The Morgan fingerprint density at radius 3 is 2.72 bits per heavy atom. The van der Waals surface area contributed by atoms with Gasteiger partial charge in [0.25, 0.3) is 5.91 Å². The van der Waals surface area contributed by atoms with Crippen molar-refractivity contribution in [3.8, 4) is 0 Å². The van der Waals surface area contributed by atoms with Crippen LogP contribution >= 0.6 is 0 Å². The number of nitrogens with one attached hydrogen (secondary N) is 3. The van der Waals surface area contributed by atoms with E-state index in [4.69, 9.17) is 0 Å². The van der Waals surface area contributed by atoms with E-state index in [2.05, 4.69) is 25.8 Å². The summed E-state index contributed by atoms with van der Waals surface area (Å²) in [6.07, 6.45) is 5.27. The van der Waals surface area contributed by atoms with Gasteiger partial charge >= 0.3 is 0 Å². The van der Waals surface area contributed by atoms with Crippen molar-refractivity contribution < 1.29 is 4.79 Å². The van der Waals surface area contributed by atoms with Crippen molar-refractivity contribution >= 4 is 5.91 Å². The van der Waals surface area contributed by atoms with E-state index in [0.29, 0.717) is 12.1 Å². The molecule has 0 radical (unpaired) electrons. The number of fused-ring (bicyclic) bond motifs is 2. The number of hydrogen-bond donors (Lipinski definition) is 3. The summed E-state index contributed by atoms with van der Waals surface area (Å²) in [4.78, 5) is 16.2. The molecular formula is C12H19N5O. The molecule has 3 N–H and O–H groups in total. The first kappa shape index (κ1) is 11.6. The van der Waals surface area contributed by atoms with Gasteiger partial charge in [0, 0.05) is 24.5 Å². The van der Waals surface area contributed by atoms with E-state index in [0.717, 1.165) is 25.1 Å². The molecule has 6 nitrogen and oxygen atoms in total. The summed E-state index contributed by atoms with van der Waals surface area (Å²) in [5, 5.41) is 13.3. The minimum absolute atomic E-state index is 0.155. The SMILES string of the molecule is CCc1nc(C(=O)NC2CC3CCC(C2)N3)n[nH]1. The fourth-order valence-corrected chi connectivity index (χ4v) is 2.98. The number of carbonyl (C=O) groups excluding carboxylic acids is 1. The summed E-state index contributed by atoms with van der Waals surface area (Å²) in [5.41, 5.74) is 0. The quantitative estimate of drug-likeness (QED) is 0.723. The molecule has 0 aliphatic carbocycles. The van der Waals surface area contributed by atoms with Gasteiger partial charge in [-0.15, -0.1) is 5.10 Å². The third kappa shape index (κ3) is 2.25. The molecule has 2 bridgehead atoms. The van der Waals surface area contributed by atoms with E-state index in [-0.39, 0.29) is 17.8 Å². The highest BCUT2D eigenvalue weighted by atomic mass is 16.2. The predicted octanol–water partition coefficient (Wildman–Crippen LogP) is 0.380. The standard InChI is InChI=1S/C12H19N5O/c1-2-10-15-11(17-16-10)12(18)14-9-5-7-3-4-8(6-9)13-7/h7-9,13H,2-6H2,1H3,(H,14,18)(H,15,16,17). The van der Waals surface area contributed by atoms with Crippen LogP contribution in [-0.2, 0) is 6.42 Å². The summed E-state index contributed by atoms with van der Waals surface area (Å²) in [7, 11) is 0. The minimum Gasteiger partial charge on any atom is -0.346 e. The Balaban J connectivity index is 1.60. The molecule has 1 aromatic rings. The highest BCUT2D eigenvalue weighted by Gasteiger charge is 2.34. The fraction of sp³-hybridized carbons (Fsp3) is 0.750. The molecule has 0 spiro atoms. The third-order valence-electron chi connectivity index (χ3n) is 3.88. The van der Waals surface area contributed by atoms with Gasteiger partial charge in [-0.1, -0.05) is 6.92 Å². The monoisotopic (exact) mass is 249 g/mol. The molecule has 6 heteroatoms. The lowest BCUT2D eigenvalue weighted by Gasteiger charge is -2.29. The minimum atomic E-state index is -0.155. The van der Waals surface area contributed by atoms with Crippen LogP contribution in [0.1, 0.15) is 49.1 Å². The predicted molar refractivity (Wildman–Crippen MR) is 66.2 cm³/mol. The Labute approximate surface area is 106 Å². The number of aryl methyl sites for hydroxylation is 1. The summed E-state index contributed by atoms with van der Waals surface area (Å²) in [6, 6.07) is 1.42. The molecule has 98 valence electrons. The maximum absolute atomic E-state index is 12.0. The highest BCUT2D eigenvalue weighted by Crippen LogP contribution is 2.26. The molecule has 2 fully saturated rings. The zero-order valence-corrected chi connectivity index (χ0v) is 10.6. The number of rotatable bonds is 3. The van der Waals surface area contributed by atoms with Gasteiger partial charge in [-0.3, -0.25) is 9.89 Å². The second kappa shape index (κ2) is 4.68. The summed E-state index contributed by atoms with van der Waals surface area (Å²) >= 11 is 0. The molecule has 2 aliphatic heterocycles. The molecule has 1 aromatic heterocycles. The smallest absolute Gasteiger partial charge is 0.291 e. The normalized spacial score (nSPS) is 30.4. The van der Waals surface area contributed by atoms with Crippen molar-refractivity contribution in [2.24, 2.45) is 0 Å². The number of aromatic amines is 1. The van der Waals surface area contributed by atoms with Crippen molar-refractivity contribution in [2.75, 3.05) is 0 Å². The van der Waals surface area contributed by atoms with Gasteiger partial charge in [0.05, 0.1) is 0 Å². The van der Waals surface area contributed by atoms with Crippen molar-refractivity contribution in [1.82, 2.24) is 25.8 Å². The summed E-state index contributed by atoms with van der Waals surface area (Å²) in [6.45, 7) is 1.98. The largest absolute Gasteiger partial charge is 0.346 e. The molecule has 0 saturated carbocycles. The first-order valence-electron chi connectivity index (χ1n) is 6.72. The Morgan fingerprint density at radius 2 is 2.11 bits per heavy atom. The first-order chi connectivity index (χ1) is 8.74. The molecular weight excluding hydrogens is 230 g/mol. The number of hydrogen-bond acceptors (Lipinski definition) is 4. The number of aromatic nitrogens is 3. The van der Waals surface area contributed by atoms with E-state index >= 15 is 0 Å². The summed E-state index contributed by atoms with van der Waals surface area (Å²) in [5.74, 6) is 0.862. The van der Waals surface area contributed by atoms with Crippen LogP contribution in [0.4, 0.5) is 0 Å². The molecule has 1 amide bonds. The average molecular weight is 249 g/mol. The van der Waals surface area contributed by atoms with Crippen molar-refractivity contribution in [1.29, 1.82) is 0 Å². The van der Waals surface area contributed by atoms with Gasteiger partial charge < -0.3 is 10.6 Å². The topological polar surface area (TPSA) is 82.7 Å². The number of H-pyrrole nitrogens is 1. The van der Waals surface area contributed by atoms with Gasteiger partial charge in [0.1, 0.15) is 5.82 Å². The van der Waals surface area contributed by atoms with Crippen LogP contribution in [0.3, 0.4) is 0 Å². The zero-order chi connectivity index (χ0) is 12.5. The van der Waals surface area contributed by atoms with E-state index in [1.165, 1.54) is 12.8 Å². The van der Waals surface area contributed by atoms with Crippen LogP contribution < -0.4 is 10.6 Å². The molecule has 2 saturated heterocycles. The van der Waals surface area contributed by atoms with Gasteiger partial charge in [0.2, 0.25) is 5.82 Å². The lowest BCUT2D eigenvalue weighted by Crippen LogP contribution is -2.48. The van der Waals surface area contributed by atoms with Crippen LogP contribution in [0.25, 0.3) is 0 Å². The van der Waals surface area contributed by atoms with Gasteiger partial charge in [0.15, 0.2) is 0 Å². The highest BCUT2D eigenvalue weighted by molar-refractivity contribution is 5.90. The maximum atomic E-state index is 12.0. The Kier molecular flexibility index (Phi) is 3.03. The van der Waals surface area contributed by atoms with Crippen molar-refractivity contribution in [3.05, 3.63) is 11.6 Å². The average Bonchev–Trinajstić information content (AvgIpc) is 2.96. The molecule has 3 rings (SSSR count).